The van der Waals surface area contributed by atoms with Gasteiger partial charge in [-0.3, -0.25) is 0 Å². The molecule has 0 spiro atoms. The minimum atomic E-state index is -0.360. The van der Waals surface area contributed by atoms with E-state index in [1.165, 1.54) is 0 Å². The van der Waals surface area contributed by atoms with E-state index in [4.69, 9.17) is 21.7 Å². The first-order valence-corrected chi connectivity index (χ1v) is 9.21. The van der Waals surface area contributed by atoms with Crippen LogP contribution in [0, 0.1) is 0 Å². The van der Waals surface area contributed by atoms with Crippen LogP contribution in [0.1, 0.15) is 31.0 Å². The number of hydrogen-bond acceptors (Lipinski definition) is 4. The maximum atomic E-state index is 12.4. The third-order valence-corrected chi connectivity index (χ3v) is 4.45. The minimum absolute atomic E-state index is 0.318. The van der Waals surface area contributed by atoms with Crippen molar-refractivity contribution in [2.24, 2.45) is 0 Å². The van der Waals surface area contributed by atoms with Crippen LogP contribution < -0.4 is 15.4 Å². The van der Waals surface area contributed by atoms with Gasteiger partial charge in [0.05, 0.1) is 18.2 Å². The Labute approximate surface area is 164 Å². The summed E-state index contributed by atoms with van der Waals surface area (Å²) in [6.07, 6.45) is 0. The number of hydrogen-bond donors (Lipinski definition) is 2. The van der Waals surface area contributed by atoms with Crippen LogP contribution >= 0.6 is 12.2 Å². The molecule has 1 heterocycles. The standard InChI is InChI=1S/C21H22N2O3S/c1-3-25-20(24)18-14(2)22-21(27)23-19(18)16-9-11-17(12-10-16)26-13-15-7-5-4-6-8-15/h4-12,19H,3,13H2,1-2H3,(H2,22,23,27)/t19-/m0/s1. The number of allylic oxidation sites excluding steroid dienone is 1. The third-order valence-electron chi connectivity index (χ3n) is 4.23. The topological polar surface area (TPSA) is 59.6 Å². The molecule has 0 aliphatic carbocycles. The Bertz CT molecular complexity index is 847. The Morgan fingerprint density at radius 2 is 1.81 bits per heavy atom. The van der Waals surface area contributed by atoms with Crippen LogP contribution in [-0.4, -0.2) is 17.7 Å². The van der Waals surface area contributed by atoms with E-state index in [1.54, 1.807) is 6.92 Å². The molecule has 0 unspecified atom stereocenters. The van der Waals surface area contributed by atoms with E-state index in [1.807, 2.05) is 61.5 Å². The van der Waals surface area contributed by atoms with E-state index in [0.29, 0.717) is 29.6 Å². The van der Waals surface area contributed by atoms with Gasteiger partial charge in [-0.2, -0.15) is 0 Å². The van der Waals surface area contributed by atoms with Gasteiger partial charge >= 0.3 is 5.97 Å². The van der Waals surface area contributed by atoms with Crippen molar-refractivity contribution in [2.45, 2.75) is 26.5 Å². The van der Waals surface area contributed by atoms with Gasteiger partial charge in [0, 0.05) is 5.70 Å². The summed E-state index contributed by atoms with van der Waals surface area (Å²) >= 11 is 5.25. The van der Waals surface area contributed by atoms with E-state index >= 15 is 0 Å². The number of rotatable bonds is 6. The number of benzene rings is 2. The Morgan fingerprint density at radius 3 is 2.48 bits per heavy atom. The van der Waals surface area contributed by atoms with Gasteiger partial charge in [0.25, 0.3) is 0 Å². The summed E-state index contributed by atoms with van der Waals surface area (Å²) in [5.74, 6) is 0.407. The highest BCUT2D eigenvalue weighted by Gasteiger charge is 2.30. The molecule has 0 saturated carbocycles. The van der Waals surface area contributed by atoms with E-state index in [9.17, 15) is 4.79 Å². The number of carbonyl (C=O) groups is 1. The lowest BCUT2D eigenvalue weighted by atomic mass is 9.95. The number of nitrogens with one attached hydrogen (secondary N) is 2. The molecule has 2 aromatic carbocycles. The van der Waals surface area contributed by atoms with Crippen molar-refractivity contribution in [1.29, 1.82) is 0 Å². The largest absolute Gasteiger partial charge is 0.489 e. The normalized spacial score (nSPS) is 16.4. The summed E-state index contributed by atoms with van der Waals surface area (Å²) in [7, 11) is 0. The van der Waals surface area contributed by atoms with Gasteiger partial charge in [-0.15, -0.1) is 0 Å². The van der Waals surface area contributed by atoms with E-state index < -0.39 is 0 Å². The SMILES string of the molecule is CCOC(=O)C1=C(C)NC(=S)N[C@H]1c1ccc(OCc2ccccc2)cc1. The molecule has 0 bridgehead atoms. The summed E-state index contributed by atoms with van der Waals surface area (Å²) in [5.41, 5.74) is 3.25. The van der Waals surface area contributed by atoms with Gasteiger partial charge in [-0.25, -0.2) is 4.79 Å². The van der Waals surface area contributed by atoms with Crippen molar-refractivity contribution in [3.8, 4) is 5.75 Å². The molecular weight excluding hydrogens is 360 g/mol. The molecule has 140 valence electrons. The maximum Gasteiger partial charge on any atom is 0.338 e. The Balaban J connectivity index is 1.77. The first kappa shape index (κ1) is 18.9. The molecular formula is C21H22N2O3S. The van der Waals surface area contributed by atoms with Crippen molar-refractivity contribution in [3.63, 3.8) is 0 Å². The summed E-state index contributed by atoms with van der Waals surface area (Å²) in [6.45, 7) is 4.43. The van der Waals surface area contributed by atoms with Crippen molar-refractivity contribution in [2.75, 3.05) is 6.61 Å². The van der Waals surface area contributed by atoms with Gasteiger partial charge < -0.3 is 20.1 Å². The summed E-state index contributed by atoms with van der Waals surface area (Å²) < 4.78 is 11.0. The molecule has 3 rings (SSSR count). The number of thiocarbonyl (C=S) groups is 1. The molecule has 27 heavy (non-hydrogen) atoms. The quantitative estimate of drug-likeness (QED) is 0.588. The fourth-order valence-corrected chi connectivity index (χ4v) is 3.19. The molecule has 1 aliphatic rings. The predicted molar refractivity (Wildman–Crippen MR) is 108 cm³/mol. The molecule has 0 amide bonds. The highest BCUT2D eigenvalue weighted by molar-refractivity contribution is 7.80. The van der Waals surface area contributed by atoms with Gasteiger partial charge in [0.2, 0.25) is 0 Å². The van der Waals surface area contributed by atoms with Gasteiger partial charge in [0.15, 0.2) is 5.11 Å². The number of ether oxygens (including phenoxy) is 2. The maximum absolute atomic E-state index is 12.4. The van der Waals surface area contributed by atoms with E-state index in [-0.39, 0.29) is 12.0 Å². The molecule has 1 atom stereocenters. The zero-order valence-electron chi connectivity index (χ0n) is 15.3. The molecule has 2 aromatic rings. The lowest BCUT2D eigenvalue weighted by Gasteiger charge is -2.29. The smallest absolute Gasteiger partial charge is 0.338 e. The van der Waals surface area contributed by atoms with Crippen LogP contribution in [0.4, 0.5) is 0 Å². The molecule has 2 N–H and O–H groups in total. The summed E-state index contributed by atoms with van der Waals surface area (Å²) in [6, 6.07) is 17.3. The van der Waals surface area contributed by atoms with Crippen molar-refractivity contribution < 1.29 is 14.3 Å². The lowest BCUT2D eigenvalue weighted by Crippen LogP contribution is -2.45. The average molecular weight is 382 g/mol. The van der Waals surface area contributed by atoms with Crippen molar-refractivity contribution in [1.82, 2.24) is 10.6 Å². The van der Waals surface area contributed by atoms with E-state index in [2.05, 4.69) is 10.6 Å². The second-order valence-electron chi connectivity index (χ2n) is 6.13. The second-order valence-corrected chi connectivity index (χ2v) is 6.54. The number of carbonyl (C=O) groups excluding carboxylic acids is 1. The Kier molecular flexibility index (Phi) is 6.08. The molecule has 6 heteroatoms. The first-order valence-electron chi connectivity index (χ1n) is 8.80. The molecule has 5 nitrogen and oxygen atoms in total. The van der Waals surface area contributed by atoms with Crippen molar-refractivity contribution >= 4 is 23.3 Å². The van der Waals surface area contributed by atoms with Gasteiger partial charge in [-0.05, 0) is 49.3 Å². The minimum Gasteiger partial charge on any atom is -0.489 e. The monoisotopic (exact) mass is 382 g/mol. The Hall–Kier alpha value is -2.86. The third kappa shape index (κ3) is 4.65. The van der Waals surface area contributed by atoms with Crippen LogP contribution in [0.3, 0.4) is 0 Å². The average Bonchev–Trinajstić information content (AvgIpc) is 2.67. The zero-order valence-corrected chi connectivity index (χ0v) is 16.1. The fraction of sp³-hybridized carbons (Fsp3) is 0.238. The predicted octanol–water partition coefficient (Wildman–Crippen LogP) is 3.62. The van der Waals surface area contributed by atoms with Crippen LogP contribution in [0.5, 0.6) is 5.75 Å². The van der Waals surface area contributed by atoms with Gasteiger partial charge in [0.1, 0.15) is 12.4 Å². The highest BCUT2D eigenvalue weighted by Crippen LogP contribution is 2.29. The zero-order chi connectivity index (χ0) is 19.2. The number of esters is 1. The molecule has 0 aromatic heterocycles. The highest BCUT2D eigenvalue weighted by atomic mass is 32.1. The second kappa shape index (κ2) is 8.68. The van der Waals surface area contributed by atoms with Gasteiger partial charge in [-0.1, -0.05) is 42.5 Å². The summed E-state index contributed by atoms with van der Waals surface area (Å²) in [4.78, 5) is 12.4. The lowest BCUT2D eigenvalue weighted by molar-refractivity contribution is -0.139. The Morgan fingerprint density at radius 1 is 1.11 bits per heavy atom. The van der Waals surface area contributed by atoms with Crippen LogP contribution in [-0.2, 0) is 16.1 Å². The first-order chi connectivity index (χ1) is 13.1. The molecule has 0 fully saturated rings. The van der Waals surface area contributed by atoms with E-state index in [0.717, 1.165) is 16.9 Å². The van der Waals surface area contributed by atoms with Crippen LogP contribution in [0.15, 0.2) is 65.9 Å². The van der Waals surface area contributed by atoms with Crippen molar-refractivity contribution in [3.05, 3.63) is 77.0 Å². The van der Waals surface area contributed by atoms with Crippen LogP contribution in [0.25, 0.3) is 0 Å². The fourth-order valence-electron chi connectivity index (χ4n) is 2.92. The van der Waals surface area contributed by atoms with Crippen LogP contribution in [0.2, 0.25) is 0 Å². The molecule has 0 radical (unpaired) electrons. The summed E-state index contributed by atoms with van der Waals surface area (Å²) in [5, 5.41) is 6.62. The molecule has 0 saturated heterocycles. The molecule has 1 aliphatic heterocycles.